The zero-order chi connectivity index (χ0) is 12.5. The van der Waals surface area contributed by atoms with E-state index in [1.54, 1.807) is 6.26 Å². The molecule has 2 saturated heterocycles. The van der Waals surface area contributed by atoms with Gasteiger partial charge in [0.1, 0.15) is 11.8 Å². The van der Waals surface area contributed by atoms with E-state index in [2.05, 4.69) is 0 Å². The Balaban J connectivity index is 1.78. The predicted molar refractivity (Wildman–Crippen MR) is 64.7 cm³/mol. The van der Waals surface area contributed by atoms with E-state index >= 15 is 0 Å². The summed E-state index contributed by atoms with van der Waals surface area (Å²) in [5, 5.41) is 0. The third-order valence-electron chi connectivity index (χ3n) is 3.73. The Morgan fingerprint density at radius 2 is 2.39 bits per heavy atom. The molecule has 3 rings (SSSR count). The number of nitrogens with zero attached hydrogens (tertiary/aromatic N) is 1. The minimum atomic E-state index is -0.190. The molecule has 5 nitrogen and oxygen atoms in total. The largest absolute Gasteiger partial charge is 0.467 e. The molecule has 3 atom stereocenters. The van der Waals surface area contributed by atoms with E-state index < -0.39 is 0 Å². The highest BCUT2D eigenvalue weighted by Crippen LogP contribution is 2.33. The number of nitrogens with two attached hydrogens (primary N) is 1. The average Bonchev–Trinajstić information content (AvgIpc) is 3.02. The number of rotatable bonds is 3. The van der Waals surface area contributed by atoms with E-state index in [9.17, 15) is 4.79 Å². The quantitative estimate of drug-likeness (QED) is 0.871. The monoisotopic (exact) mass is 250 g/mol. The lowest BCUT2D eigenvalue weighted by Crippen LogP contribution is -2.37. The van der Waals surface area contributed by atoms with Gasteiger partial charge in [-0.2, -0.15) is 0 Å². The number of ether oxygens (including phenoxy) is 1. The van der Waals surface area contributed by atoms with Gasteiger partial charge < -0.3 is 19.8 Å². The summed E-state index contributed by atoms with van der Waals surface area (Å²) in [4.78, 5) is 13.8. The maximum Gasteiger partial charge on any atom is 0.224 e. The van der Waals surface area contributed by atoms with Crippen LogP contribution in [-0.4, -0.2) is 36.1 Å². The molecule has 1 amide bonds. The van der Waals surface area contributed by atoms with Crippen molar-refractivity contribution in [2.75, 3.05) is 13.2 Å². The van der Waals surface area contributed by atoms with Crippen LogP contribution in [0, 0.1) is 0 Å². The van der Waals surface area contributed by atoms with Crippen LogP contribution in [0.2, 0.25) is 0 Å². The van der Waals surface area contributed by atoms with Gasteiger partial charge in [-0.3, -0.25) is 4.79 Å². The molecule has 3 heterocycles. The first-order valence-electron chi connectivity index (χ1n) is 6.46. The molecule has 0 spiro atoms. The van der Waals surface area contributed by atoms with Crippen molar-refractivity contribution in [2.24, 2.45) is 5.73 Å². The molecule has 1 aromatic rings. The zero-order valence-electron chi connectivity index (χ0n) is 10.2. The molecule has 0 radical (unpaired) electrons. The van der Waals surface area contributed by atoms with E-state index in [-0.39, 0.29) is 24.1 Å². The van der Waals surface area contributed by atoms with Crippen LogP contribution >= 0.6 is 0 Å². The molecule has 2 N–H and O–H groups in total. The van der Waals surface area contributed by atoms with Crippen molar-refractivity contribution >= 4 is 5.91 Å². The standard InChI is InChI=1S/C13H18N2O3/c14-10-7-12(16)15(8-9-3-1-5-17-9)13(10)11-4-2-6-18-11/h2,4,6,9-10,13H,1,3,5,7-8,14H2. The molecule has 0 saturated carbocycles. The third kappa shape index (κ3) is 2.04. The predicted octanol–water partition coefficient (Wildman–Crippen LogP) is 1.06. The van der Waals surface area contributed by atoms with Crippen LogP contribution in [0.1, 0.15) is 31.1 Å². The minimum absolute atomic E-state index is 0.0967. The van der Waals surface area contributed by atoms with Crippen molar-refractivity contribution in [1.82, 2.24) is 4.90 Å². The molecule has 5 heteroatoms. The Bertz CT molecular complexity index is 412. The summed E-state index contributed by atoms with van der Waals surface area (Å²) >= 11 is 0. The van der Waals surface area contributed by atoms with Crippen molar-refractivity contribution in [3.63, 3.8) is 0 Å². The molecule has 0 aromatic carbocycles. The first kappa shape index (κ1) is 11.7. The van der Waals surface area contributed by atoms with Gasteiger partial charge in [-0.15, -0.1) is 0 Å². The maximum atomic E-state index is 12.0. The molecule has 2 aliphatic heterocycles. The average molecular weight is 250 g/mol. The number of furan rings is 1. The van der Waals surface area contributed by atoms with E-state index in [4.69, 9.17) is 14.9 Å². The Labute approximate surface area is 106 Å². The number of amides is 1. The van der Waals surface area contributed by atoms with Gasteiger partial charge in [0, 0.05) is 25.6 Å². The second-order valence-corrected chi connectivity index (χ2v) is 5.01. The lowest BCUT2D eigenvalue weighted by atomic mass is 10.1. The number of hydrogen-bond donors (Lipinski definition) is 1. The zero-order valence-corrected chi connectivity index (χ0v) is 10.2. The molecular formula is C13H18N2O3. The molecule has 0 bridgehead atoms. The van der Waals surface area contributed by atoms with Crippen molar-refractivity contribution in [3.8, 4) is 0 Å². The summed E-state index contributed by atoms with van der Waals surface area (Å²) in [5.74, 6) is 0.866. The minimum Gasteiger partial charge on any atom is -0.467 e. The second kappa shape index (κ2) is 4.74. The summed E-state index contributed by atoms with van der Waals surface area (Å²) < 4.78 is 11.0. The molecular weight excluding hydrogens is 232 g/mol. The molecule has 3 unspecified atom stereocenters. The Morgan fingerprint density at radius 3 is 3.06 bits per heavy atom. The summed E-state index contributed by atoms with van der Waals surface area (Å²) in [6, 6.07) is 3.38. The fourth-order valence-corrected chi connectivity index (χ4v) is 2.86. The van der Waals surface area contributed by atoms with Crippen LogP contribution in [0.4, 0.5) is 0 Å². The van der Waals surface area contributed by atoms with Crippen LogP contribution < -0.4 is 5.73 Å². The summed E-state index contributed by atoms with van der Waals surface area (Å²) in [7, 11) is 0. The Hall–Kier alpha value is -1.33. The Kier molecular flexibility index (Phi) is 3.09. The summed E-state index contributed by atoms with van der Waals surface area (Å²) in [6.45, 7) is 1.42. The molecule has 1 aromatic heterocycles. The number of hydrogen-bond acceptors (Lipinski definition) is 4. The highest BCUT2D eigenvalue weighted by molar-refractivity contribution is 5.80. The first-order chi connectivity index (χ1) is 8.75. The highest BCUT2D eigenvalue weighted by Gasteiger charge is 2.41. The number of carbonyl (C=O) groups is 1. The Morgan fingerprint density at radius 1 is 1.50 bits per heavy atom. The molecule has 98 valence electrons. The topological polar surface area (TPSA) is 68.7 Å². The van der Waals surface area contributed by atoms with Crippen molar-refractivity contribution in [2.45, 2.75) is 37.5 Å². The number of carbonyl (C=O) groups excluding carboxylic acids is 1. The van der Waals surface area contributed by atoms with Crippen molar-refractivity contribution < 1.29 is 13.9 Å². The van der Waals surface area contributed by atoms with Gasteiger partial charge in [-0.05, 0) is 25.0 Å². The van der Waals surface area contributed by atoms with Gasteiger partial charge in [-0.1, -0.05) is 0 Å². The number of likely N-dealkylation sites (tertiary alicyclic amines) is 1. The molecule has 18 heavy (non-hydrogen) atoms. The SMILES string of the molecule is NC1CC(=O)N(CC2CCCO2)C1c1ccco1. The normalized spacial score (nSPS) is 32.4. The molecule has 2 aliphatic rings. The fourth-order valence-electron chi connectivity index (χ4n) is 2.86. The van der Waals surface area contributed by atoms with E-state index in [1.807, 2.05) is 17.0 Å². The van der Waals surface area contributed by atoms with Crippen LogP contribution in [0.25, 0.3) is 0 Å². The van der Waals surface area contributed by atoms with Crippen LogP contribution in [0.3, 0.4) is 0 Å². The van der Waals surface area contributed by atoms with Crippen molar-refractivity contribution in [1.29, 1.82) is 0 Å². The highest BCUT2D eigenvalue weighted by atomic mass is 16.5. The van der Waals surface area contributed by atoms with Gasteiger partial charge >= 0.3 is 0 Å². The van der Waals surface area contributed by atoms with E-state index in [0.29, 0.717) is 13.0 Å². The van der Waals surface area contributed by atoms with Crippen LogP contribution in [0.5, 0.6) is 0 Å². The van der Waals surface area contributed by atoms with E-state index in [0.717, 1.165) is 25.2 Å². The molecule has 2 fully saturated rings. The molecule has 0 aliphatic carbocycles. The van der Waals surface area contributed by atoms with Crippen LogP contribution in [-0.2, 0) is 9.53 Å². The lowest BCUT2D eigenvalue weighted by Gasteiger charge is -2.27. The van der Waals surface area contributed by atoms with E-state index in [1.165, 1.54) is 0 Å². The lowest BCUT2D eigenvalue weighted by molar-refractivity contribution is -0.130. The maximum absolute atomic E-state index is 12.0. The smallest absolute Gasteiger partial charge is 0.224 e. The third-order valence-corrected chi connectivity index (χ3v) is 3.73. The summed E-state index contributed by atoms with van der Waals surface area (Å²) in [6.07, 6.45) is 4.25. The van der Waals surface area contributed by atoms with Crippen LogP contribution in [0.15, 0.2) is 22.8 Å². The van der Waals surface area contributed by atoms with Gasteiger partial charge in [0.15, 0.2) is 0 Å². The first-order valence-corrected chi connectivity index (χ1v) is 6.46. The van der Waals surface area contributed by atoms with Gasteiger partial charge in [0.25, 0.3) is 0 Å². The van der Waals surface area contributed by atoms with Gasteiger partial charge in [0.05, 0.1) is 12.4 Å². The van der Waals surface area contributed by atoms with Gasteiger partial charge in [-0.25, -0.2) is 0 Å². The summed E-state index contributed by atoms with van der Waals surface area (Å²) in [5.41, 5.74) is 6.06. The second-order valence-electron chi connectivity index (χ2n) is 5.01. The fraction of sp³-hybridized carbons (Fsp3) is 0.615. The van der Waals surface area contributed by atoms with Crippen molar-refractivity contribution in [3.05, 3.63) is 24.2 Å². The van der Waals surface area contributed by atoms with Gasteiger partial charge in [0.2, 0.25) is 5.91 Å².